The van der Waals surface area contributed by atoms with Crippen molar-refractivity contribution in [1.82, 2.24) is 19.3 Å². The van der Waals surface area contributed by atoms with Crippen LogP contribution in [-0.4, -0.2) is 31.0 Å². The third-order valence-corrected chi connectivity index (χ3v) is 4.61. The van der Waals surface area contributed by atoms with Crippen LogP contribution in [-0.2, 0) is 6.54 Å². The zero-order valence-electron chi connectivity index (χ0n) is 14.6. The van der Waals surface area contributed by atoms with E-state index in [0.717, 1.165) is 36.3 Å². The minimum Gasteiger partial charge on any atom is -0.396 e. The number of rotatable bonds is 7. The predicted molar refractivity (Wildman–Crippen MR) is 99.9 cm³/mol. The number of aliphatic hydroxyl groups is 1. The summed E-state index contributed by atoms with van der Waals surface area (Å²) < 4.78 is 3.97. The molecule has 1 aromatic carbocycles. The molecule has 0 unspecified atom stereocenters. The predicted octanol–water partition coefficient (Wildman–Crippen LogP) is 4.19. The molecule has 0 saturated carbocycles. The molecule has 2 heterocycles. The standard InChI is InChI=1S/C19H23ClN4O/c1-19(2,13-25)8-3-9-23-14-21-11-18(23)15-10-22-24(12-15)17-6-4-16(20)5-7-17/h4-7,10-12,14,25H,3,8-9,13H2,1-2H3. The Morgan fingerprint density at radius 1 is 1.16 bits per heavy atom. The first-order chi connectivity index (χ1) is 12.0. The van der Waals surface area contributed by atoms with E-state index < -0.39 is 0 Å². The molecule has 6 heteroatoms. The highest BCUT2D eigenvalue weighted by atomic mass is 35.5. The lowest BCUT2D eigenvalue weighted by Gasteiger charge is -2.21. The summed E-state index contributed by atoms with van der Waals surface area (Å²) in [5, 5.41) is 14.5. The lowest BCUT2D eigenvalue weighted by Crippen LogP contribution is -2.17. The molecule has 25 heavy (non-hydrogen) atoms. The minimum absolute atomic E-state index is 0.0415. The van der Waals surface area contributed by atoms with Crippen molar-refractivity contribution in [2.24, 2.45) is 5.41 Å². The number of hydrogen-bond acceptors (Lipinski definition) is 3. The van der Waals surface area contributed by atoms with Gasteiger partial charge in [-0.25, -0.2) is 9.67 Å². The first-order valence-electron chi connectivity index (χ1n) is 8.40. The zero-order chi connectivity index (χ0) is 17.9. The van der Waals surface area contributed by atoms with E-state index in [9.17, 15) is 5.11 Å². The third kappa shape index (κ3) is 4.30. The third-order valence-electron chi connectivity index (χ3n) is 4.36. The lowest BCUT2D eigenvalue weighted by atomic mass is 9.89. The quantitative estimate of drug-likeness (QED) is 0.689. The van der Waals surface area contributed by atoms with Crippen molar-refractivity contribution in [1.29, 1.82) is 0 Å². The molecule has 2 aromatic heterocycles. The summed E-state index contributed by atoms with van der Waals surface area (Å²) in [6.45, 7) is 5.23. The fourth-order valence-corrected chi connectivity index (χ4v) is 2.86. The van der Waals surface area contributed by atoms with Crippen LogP contribution in [0.15, 0.2) is 49.2 Å². The van der Waals surface area contributed by atoms with Crippen molar-refractivity contribution in [3.8, 4) is 16.9 Å². The number of hydrogen-bond donors (Lipinski definition) is 1. The van der Waals surface area contributed by atoms with E-state index in [1.807, 2.05) is 53.9 Å². The summed E-state index contributed by atoms with van der Waals surface area (Å²) in [5.74, 6) is 0. The van der Waals surface area contributed by atoms with Gasteiger partial charge in [-0.05, 0) is 42.5 Å². The molecule has 5 nitrogen and oxygen atoms in total. The molecule has 0 atom stereocenters. The molecule has 0 spiro atoms. The Labute approximate surface area is 152 Å². The Hall–Kier alpha value is -2.11. The molecular weight excluding hydrogens is 336 g/mol. The SMILES string of the molecule is CC(C)(CO)CCCn1cncc1-c1cnn(-c2ccc(Cl)cc2)c1. The maximum Gasteiger partial charge on any atom is 0.0950 e. The van der Waals surface area contributed by atoms with Crippen molar-refractivity contribution in [2.45, 2.75) is 33.2 Å². The van der Waals surface area contributed by atoms with Gasteiger partial charge >= 0.3 is 0 Å². The Morgan fingerprint density at radius 3 is 2.64 bits per heavy atom. The van der Waals surface area contributed by atoms with Gasteiger partial charge in [0.15, 0.2) is 0 Å². The van der Waals surface area contributed by atoms with Crippen molar-refractivity contribution < 1.29 is 5.11 Å². The fourth-order valence-electron chi connectivity index (χ4n) is 2.74. The number of aromatic nitrogens is 4. The Kier molecular flexibility index (Phi) is 5.25. The Bertz CT molecular complexity index is 820. The molecule has 132 valence electrons. The van der Waals surface area contributed by atoms with Crippen LogP contribution in [0.4, 0.5) is 0 Å². The summed E-state index contributed by atoms with van der Waals surface area (Å²) in [6, 6.07) is 7.58. The number of halogens is 1. The first-order valence-corrected chi connectivity index (χ1v) is 8.78. The van der Waals surface area contributed by atoms with Gasteiger partial charge in [0.1, 0.15) is 0 Å². The largest absolute Gasteiger partial charge is 0.396 e. The van der Waals surface area contributed by atoms with E-state index in [4.69, 9.17) is 11.6 Å². The summed E-state index contributed by atoms with van der Waals surface area (Å²) in [6.07, 6.45) is 9.50. The second kappa shape index (κ2) is 7.42. The van der Waals surface area contributed by atoms with Crippen molar-refractivity contribution in [3.63, 3.8) is 0 Å². The van der Waals surface area contributed by atoms with Crippen LogP contribution >= 0.6 is 11.6 Å². The highest BCUT2D eigenvalue weighted by Gasteiger charge is 2.16. The molecule has 0 bridgehead atoms. The smallest absolute Gasteiger partial charge is 0.0950 e. The second-order valence-corrected chi connectivity index (χ2v) is 7.48. The van der Waals surface area contributed by atoms with Gasteiger partial charge in [0.2, 0.25) is 0 Å². The lowest BCUT2D eigenvalue weighted by molar-refractivity contribution is 0.146. The number of imidazole rings is 1. The minimum atomic E-state index is -0.0415. The first kappa shape index (κ1) is 17.7. The second-order valence-electron chi connectivity index (χ2n) is 7.05. The van der Waals surface area contributed by atoms with Gasteiger partial charge in [-0.3, -0.25) is 0 Å². The van der Waals surface area contributed by atoms with Crippen molar-refractivity contribution in [3.05, 3.63) is 54.2 Å². The Morgan fingerprint density at radius 2 is 1.92 bits per heavy atom. The molecule has 3 rings (SSSR count). The molecule has 0 saturated heterocycles. The van der Waals surface area contributed by atoms with E-state index in [1.54, 1.807) is 0 Å². The topological polar surface area (TPSA) is 55.9 Å². The molecule has 0 aliphatic heterocycles. The van der Waals surface area contributed by atoms with Gasteiger partial charge in [0, 0.05) is 29.9 Å². The van der Waals surface area contributed by atoms with Crippen molar-refractivity contribution >= 4 is 11.6 Å². The highest BCUT2D eigenvalue weighted by molar-refractivity contribution is 6.30. The van der Waals surface area contributed by atoms with E-state index in [0.29, 0.717) is 5.02 Å². The molecule has 3 aromatic rings. The van der Waals surface area contributed by atoms with Gasteiger partial charge in [-0.1, -0.05) is 25.4 Å². The van der Waals surface area contributed by atoms with Crippen LogP contribution in [0.3, 0.4) is 0 Å². The molecule has 0 radical (unpaired) electrons. The summed E-state index contributed by atoms with van der Waals surface area (Å²) in [4.78, 5) is 4.29. The fraction of sp³-hybridized carbons (Fsp3) is 0.368. The normalized spacial score (nSPS) is 11.8. The van der Waals surface area contributed by atoms with Gasteiger partial charge in [-0.15, -0.1) is 0 Å². The highest BCUT2D eigenvalue weighted by Crippen LogP contribution is 2.24. The number of aryl methyl sites for hydroxylation is 1. The van der Waals surface area contributed by atoms with Crippen LogP contribution in [0.5, 0.6) is 0 Å². The Balaban J connectivity index is 1.73. The van der Waals surface area contributed by atoms with Crippen LogP contribution in [0.2, 0.25) is 5.02 Å². The van der Waals surface area contributed by atoms with E-state index in [2.05, 4.69) is 28.5 Å². The summed E-state index contributed by atoms with van der Waals surface area (Å²) >= 11 is 5.94. The van der Waals surface area contributed by atoms with Gasteiger partial charge in [0.25, 0.3) is 0 Å². The average Bonchev–Trinajstić information content (AvgIpc) is 3.24. The monoisotopic (exact) mass is 358 g/mol. The van der Waals surface area contributed by atoms with E-state index in [1.165, 1.54) is 0 Å². The summed E-state index contributed by atoms with van der Waals surface area (Å²) in [5.41, 5.74) is 2.99. The average molecular weight is 359 g/mol. The molecule has 0 aliphatic rings. The van der Waals surface area contributed by atoms with Crippen LogP contribution in [0.1, 0.15) is 26.7 Å². The van der Waals surface area contributed by atoms with Gasteiger partial charge in [-0.2, -0.15) is 5.10 Å². The molecule has 0 fully saturated rings. The van der Waals surface area contributed by atoms with Gasteiger partial charge < -0.3 is 9.67 Å². The van der Waals surface area contributed by atoms with E-state index in [-0.39, 0.29) is 12.0 Å². The van der Waals surface area contributed by atoms with Crippen molar-refractivity contribution in [2.75, 3.05) is 6.61 Å². The number of benzene rings is 1. The van der Waals surface area contributed by atoms with E-state index >= 15 is 0 Å². The molecule has 0 amide bonds. The maximum atomic E-state index is 9.37. The molecule has 0 aliphatic carbocycles. The zero-order valence-corrected chi connectivity index (χ0v) is 15.3. The maximum absolute atomic E-state index is 9.37. The van der Waals surface area contributed by atoms with Crippen LogP contribution in [0.25, 0.3) is 16.9 Å². The van der Waals surface area contributed by atoms with Crippen LogP contribution < -0.4 is 0 Å². The summed E-state index contributed by atoms with van der Waals surface area (Å²) in [7, 11) is 0. The molecule has 1 N–H and O–H groups in total. The molecular formula is C19H23ClN4O. The van der Waals surface area contributed by atoms with Crippen LogP contribution in [0, 0.1) is 5.41 Å². The van der Waals surface area contributed by atoms with Gasteiger partial charge in [0.05, 0.1) is 30.1 Å². The number of nitrogens with zero attached hydrogens (tertiary/aromatic N) is 4. The number of aliphatic hydroxyl groups excluding tert-OH is 1.